The van der Waals surface area contributed by atoms with Crippen LogP contribution in [0.2, 0.25) is 0 Å². The maximum absolute atomic E-state index is 13.6. The lowest BCUT2D eigenvalue weighted by atomic mass is 10.1. The molecule has 0 aliphatic carbocycles. The average molecular weight is 273 g/mol. The van der Waals surface area contributed by atoms with Gasteiger partial charge in [-0.05, 0) is 19.1 Å². The summed E-state index contributed by atoms with van der Waals surface area (Å²) < 4.78 is 13.6. The van der Waals surface area contributed by atoms with Gasteiger partial charge in [-0.25, -0.2) is 4.39 Å². The fourth-order valence-electron chi connectivity index (χ4n) is 2.03. The van der Waals surface area contributed by atoms with Crippen molar-refractivity contribution >= 4 is 5.91 Å². The van der Waals surface area contributed by atoms with Crippen LogP contribution in [0.3, 0.4) is 0 Å². The fourth-order valence-corrected chi connectivity index (χ4v) is 2.03. The minimum Gasteiger partial charge on any atom is -0.508 e. The van der Waals surface area contributed by atoms with Crippen molar-refractivity contribution in [1.82, 2.24) is 5.32 Å². The number of aromatic hydroxyl groups is 1. The molecule has 2 rings (SSSR count). The zero-order valence-corrected chi connectivity index (χ0v) is 11.1. The highest BCUT2D eigenvalue weighted by Crippen LogP contribution is 2.18. The molecule has 4 heteroatoms. The summed E-state index contributed by atoms with van der Waals surface area (Å²) in [5.74, 6) is -0.522. The third kappa shape index (κ3) is 3.35. The van der Waals surface area contributed by atoms with Gasteiger partial charge in [-0.2, -0.15) is 0 Å². The molecule has 0 aliphatic rings. The van der Waals surface area contributed by atoms with Gasteiger partial charge in [0, 0.05) is 11.1 Å². The molecule has 1 amide bonds. The highest BCUT2D eigenvalue weighted by Gasteiger charge is 2.14. The van der Waals surface area contributed by atoms with E-state index < -0.39 is 6.04 Å². The number of para-hydroxylation sites is 1. The zero-order chi connectivity index (χ0) is 14.5. The Morgan fingerprint density at radius 2 is 1.85 bits per heavy atom. The molecule has 0 radical (unpaired) electrons. The van der Waals surface area contributed by atoms with E-state index in [1.54, 1.807) is 43.3 Å². The van der Waals surface area contributed by atoms with E-state index in [9.17, 15) is 14.3 Å². The molecular formula is C16H16FNO2. The Labute approximate surface area is 117 Å². The van der Waals surface area contributed by atoms with Crippen molar-refractivity contribution in [3.8, 4) is 5.75 Å². The highest BCUT2D eigenvalue weighted by atomic mass is 19.1. The van der Waals surface area contributed by atoms with Crippen LogP contribution in [0.5, 0.6) is 5.75 Å². The highest BCUT2D eigenvalue weighted by molar-refractivity contribution is 5.79. The van der Waals surface area contributed by atoms with Crippen LogP contribution >= 0.6 is 0 Å². The Hall–Kier alpha value is -2.36. The van der Waals surface area contributed by atoms with Gasteiger partial charge in [-0.1, -0.05) is 36.4 Å². The van der Waals surface area contributed by atoms with Gasteiger partial charge in [0.2, 0.25) is 5.91 Å². The van der Waals surface area contributed by atoms with Crippen molar-refractivity contribution in [1.29, 1.82) is 0 Å². The van der Waals surface area contributed by atoms with E-state index >= 15 is 0 Å². The molecule has 0 aromatic heterocycles. The average Bonchev–Trinajstić information content (AvgIpc) is 2.41. The number of hydrogen-bond donors (Lipinski definition) is 2. The van der Waals surface area contributed by atoms with Crippen molar-refractivity contribution < 1.29 is 14.3 Å². The number of phenolic OH excluding ortho intramolecular Hbond substituents is 1. The van der Waals surface area contributed by atoms with Gasteiger partial charge in [-0.15, -0.1) is 0 Å². The molecular weight excluding hydrogens is 257 g/mol. The van der Waals surface area contributed by atoms with Gasteiger partial charge < -0.3 is 10.4 Å². The number of carbonyl (C=O) groups is 1. The summed E-state index contributed by atoms with van der Waals surface area (Å²) in [7, 11) is 0. The quantitative estimate of drug-likeness (QED) is 0.899. The van der Waals surface area contributed by atoms with Crippen molar-refractivity contribution in [3.05, 3.63) is 65.5 Å². The van der Waals surface area contributed by atoms with Crippen LogP contribution in [0.25, 0.3) is 0 Å². The Morgan fingerprint density at radius 1 is 1.20 bits per heavy atom. The van der Waals surface area contributed by atoms with E-state index in [-0.39, 0.29) is 23.9 Å². The minimum atomic E-state index is -0.422. The topological polar surface area (TPSA) is 49.3 Å². The number of hydrogen-bond acceptors (Lipinski definition) is 2. The third-order valence-electron chi connectivity index (χ3n) is 3.09. The number of carbonyl (C=O) groups excluding carboxylic acids is 1. The van der Waals surface area contributed by atoms with E-state index in [2.05, 4.69) is 5.32 Å². The first-order valence-corrected chi connectivity index (χ1v) is 6.38. The van der Waals surface area contributed by atoms with Gasteiger partial charge in [0.25, 0.3) is 0 Å². The first-order chi connectivity index (χ1) is 9.58. The zero-order valence-electron chi connectivity index (χ0n) is 11.1. The van der Waals surface area contributed by atoms with E-state index in [0.717, 1.165) is 0 Å². The molecule has 20 heavy (non-hydrogen) atoms. The summed E-state index contributed by atoms with van der Waals surface area (Å²) in [4.78, 5) is 11.9. The maximum Gasteiger partial charge on any atom is 0.225 e. The molecule has 0 heterocycles. The van der Waals surface area contributed by atoms with Crippen LogP contribution in [0.1, 0.15) is 24.1 Å². The molecule has 104 valence electrons. The summed E-state index contributed by atoms with van der Waals surface area (Å²) >= 11 is 0. The lowest BCUT2D eigenvalue weighted by Gasteiger charge is -2.15. The third-order valence-corrected chi connectivity index (χ3v) is 3.09. The number of phenols is 1. The van der Waals surface area contributed by atoms with Crippen LogP contribution < -0.4 is 5.32 Å². The molecule has 0 saturated carbocycles. The largest absolute Gasteiger partial charge is 0.508 e. The predicted octanol–water partition coefficient (Wildman–Crippen LogP) is 2.95. The minimum absolute atomic E-state index is 0.0610. The lowest BCUT2D eigenvalue weighted by Crippen LogP contribution is -2.28. The normalized spacial score (nSPS) is 11.9. The van der Waals surface area contributed by atoms with Crippen LogP contribution in [0.15, 0.2) is 48.5 Å². The number of nitrogens with one attached hydrogen (secondary N) is 1. The van der Waals surface area contributed by atoms with Gasteiger partial charge in [0.15, 0.2) is 0 Å². The molecule has 2 N–H and O–H groups in total. The summed E-state index contributed by atoms with van der Waals surface area (Å²) in [5, 5.41) is 12.3. The Bertz CT molecular complexity index is 613. The van der Waals surface area contributed by atoms with Gasteiger partial charge >= 0.3 is 0 Å². The summed E-state index contributed by atoms with van der Waals surface area (Å²) in [5.41, 5.74) is 0.990. The van der Waals surface area contributed by atoms with Crippen molar-refractivity contribution in [2.24, 2.45) is 0 Å². The molecule has 0 aliphatic heterocycles. The summed E-state index contributed by atoms with van der Waals surface area (Å²) in [6, 6.07) is 12.6. The molecule has 1 atom stereocenters. The Kier molecular flexibility index (Phi) is 4.35. The molecule has 2 aromatic rings. The van der Waals surface area contributed by atoms with Gasteiger partial charge in [0.05, 0.1) is 12.5 Å². The summed E-state index contributed by atoms with van der Waals surface area (Å²) in [6.45, 7) is 1.72. The van der Waals surface area contributed by atoms with E-state index in [1.165, 1.54) is 12.1 Å². The molecule has 0 fully saturated rings. The van der Waals surface area contributed by atoms with Crippen LogP contribution in [-0.2, 0) is 11.2 Å². The van der Waals surface area contributed by atoms with Gasteiger partial charge in [0.1, 0.15) is 11.6 Å². The van der Waals surface area contributed by atoms with Crippen LogP contribution in [0, 0.1) is 5.82 Å². The van der Waals surface area contributed by atoms with Crippen LogP contribution in [-0.4, -0.2) is 11.0 Å². The predicted molar refractivity (Wildman–Crippen MR) is 74.8 cm³/mol. The Balaban J connectivity index is 2.02. The molecule has 0 bridgehead atoms. The Morgan fingerprint density at radius 3 is 2.55 bits per heavy atom. The molecule has 2 aromatic carbocycles. The number of halogens is 1. The standard InChI is InChI=1S/C16H16FNO2/c1-11(13-7-3-4-8-14(13)17)18-16(20)10-12-6-2-5-9-15(12)19/h2-9,11,19H,10H2,1H3,(H,18,20). The first-order valence-electron chi connectivity index (χ1n) is 6.38. The van der Waals surface area contributed by atoms with E-state index in [0.29, 0.717) is 11.1 Å². The van der Waals surface area contributed by atoms with E-state index in [4.69, 9.17) is 0 Å². The van der Waals surface area contributed by atoms with Crippen LogP contribution in [0.4, 0.5) is 4.39 Å². The molecule has 0 spiro atoms. The number of amides is 1. The second-order valence-corrected chi connectivity index (χ2v) is 4.62. The second kappa shape index (κ2) is 6.19. The van der Waals surface area contributed by atoms with Gasteiger partial charge in [-0.3, -0.25) is 4.79 Å². The molecule has 0 saturated heterocycles. The second-order valence-electron chi connectivity index (χ2n) is 4.62. The van der Waals surface area contributed by atoms with Crippen molar-refractivity contribution in [2.45, 2.75) is 19.4 Å². The summed E-state index contributed by atoms with van der Waals surface area (Å²) in [6.07, 6.45) is 0.0610. The number of rotatable bonds is 4. The maximum atomic E-state index is 13.6. The van der Waals surface area contributed by atoms with Crippen molar-refractivity contribution in [2.75, 3.05) is 0 Å². The van der Waals surface area contributed by atoms with Crippen molar-refractivity contribution in [3.63, 3.8) is 0 Å². The molecule has 3 nitrogen and oxygen atoms in total. The van der Waals surface area contributed by atoms with E-state index in [1.807, 2.05) is 0 Å². The SMILES string of the molecule is CC(NC(=O)Cc1ccccc1O)c1ccccc1F. The fraction of sp³-hybridized carbons (Fsp3) is 0.188. The first kappa shape index (κ1) is 14.1. The smallest absolute Gasteiger partial charge is 0.225 e. The number of benzene rings is 2. The molecule has 1 unspecified atom stereocenters. The lowest BCUT2D eigenvalue weighted by molar-refractivity contribution is -0.121. The monoisotopic (exact) mass is 273 g/mol.